The highest BCUT2D eigenvalue weighted by Gasteiger charge is 2.31. The molecule has 3 heteroatoms. The van der Waals surface area contributed by atoms with Crippen LogP contribution in [0.1, 0.15) is 37.5 Å². The van der Waals surface area contributed by atoms with E-state index in [2.05, 4.69) is 36.4 Å². The van der Waals surface area contributed by atoms with Crippen molar-refractivity contribution in [2.24, 2.45) is 11.7 Å². The molecule has 0 amide bonds. The van der Waals surface area contributed by atoms with Crippen LogP contribution in [0.2, 0.25) is 0 Å². The zero-order valence-corrected chi connectivity index (χ0v) is 11.8. The molecule has 1 saturated carbocycles. The first-order valence-electron chi connectivity index (χ1n) is 6.57. The average Bonchev–Trinajstić information content (AvgIpc) is 2.68. The van der Waals surface area contributed by atoms with E-state index in [-0.39, 0.29) is 5.54 Å². The van der Waals surface area contributed by atoms with Gasteiger partial charge in [0, 0.05) is 23.5 Å². The molecular formula is C14H24N2S. The molecule has 1 aliphatic rings. The van der Waals surface area contributed by atoms with E-state index >= 15 is 0 Å². The Morgan fingerprint density at radius 1 is 1.59 bits per heavy atom. The minimum atomic E-state index is 0.0453. The van der Waals surface area contributed by atoms with Gasteiger partial charge >= 0.3 is 0 Å². The molecule has 1 heterocycles. The zero-order chi connectivity index (χ0) is 12.3. The van der Waals surface area contributed by atoms with Crippen LogP contribution in [0.25, 0.3) is 0 Å². The third kappa shape index (κ3) is 3.80. The largest absolute Gasteiger partial charge is 0.324 e. The van der Waals surface area contributed by atoms with Crippen molar-refractivity contribution in [1.29, 1.82) is 0 Å². The fourth-order valence-corrected chi connectivity index (χ4v) is 3.89. The highest BCUT2D eigenvalue weighted by Crippen LogP contribution is 2.31. The summed E-state index contributed by atoms with van der Waals surface area (Å²) in [6.07, 6.45) is 5.02. The molecule has 0 saturated heterocycles. The molecule has 2 nitrogen and oxygen atoms in total. The highest BCUT2D eigenvalue weighted by atomic mass is 32.1. The minimum Gasteiger partial charge on any atom is -0.324 e. The SMILES string of the molecule is CC1CCCC(N)(CN(C)Cc2cccs2)C1. The van der Waals surface area contributed by atoms with Crippen LogP contribution in [0.15, 0.2) is 17.5 Å². The quantitative estimate of drug-likeness (QED) is 0.892. The monoisotopic (exact) mass is 252 g/mol. The van der Waals surface area contributed by atoms with E-state index < -0.39 is 0 Å². The third-order valence-electron chi connectivity index (χ3n) is 3.72. The van der Waals surface area contributed by atoms with Crippen molar-refractivity contribution < 1.29 is 0 Å². The standard InChI is InChI=1S/C14H24N2S/c1-12-5-3-7-14(15,9-12)11-16(2)10-13-6-4-8-17-13/h4,6,8,12H,3,5,7,9-11,15H2,1-2H3. The van der Waals surface area contributed by atoms with Crippen LogP contribution in [0, 0.1) is 5.92 Å². The van der Waals surface area contributed by atoms with Crippen LogP contribution in [-0.2, 0) is 6.54 Å². The summed E-state index contributed by atoms with van der Waals surface area (Å²) in [7, 11) is 2.19. The summed E-state index contributed by atoms with van der Waals surface area (Å²) in [4.78, 5) is 3.81. The topological polar surface area (TPSA) is 29.3 Å². The molecule has 1 aromatic rings. The van der Waals surface area contributed by atoms with Gasteiger partial charge in [0.25, 0.3) is 0 Å². The van der Waals surface area contributed by atoms with E-state index in [1.54, 1.807) is 0 Å². The molecule has 96 valence electrons. The van der Waals surface area contributed by atoms with Crippen LogP contribution >= 0.6 is 11.3 Å². The van der Waals surface area contributed by atoms with Crippen molar-refractivity contribution in [2.75, 3.05) is 13.6 Å². The second kappa shape index (κ2) is 5.51. The highest BCUT2D eigenvalue weighted by molar-refractivity contribution is 7.09. The summed E-state index contributed by atoms with van der Waals surface area (Å²) in [5.41, 5.74) is 6.59. The Kier molecular flexibility index (Phi) is 4.23. The maximum Gasteiger partial charge on any atom is 0.0325 e. The molecule has 0 spiro atoms. The summed E-state index contributed by atoms with van der Waals surface area (Å²) < 4.78 is 0. The van der Waals surface area contributed by atoms with Gasteiger partial charge in [0.15, 0.2) is 0 Å². The Balaban J connectivity index is 1.86. The van der Waals surface area contributed by atoms with Crippen molar-refractivity contribution in [3.63, 3.8) is 0 Å². The van der Waals surface area contributed by atoms with Crippen molar-refractivity contribution in [3.8, 4) is 0 Å². The lowest BCUT2D eigenvalue weighted by atomic mass is 9.77. The Morgan fingerprint density at radius 3 is 3.06 bits per heavy atom. The number of likely N-dealkylation sites (N-methyl/N-ethyl adjacent to an activating group) is 1. The van der Waals surface area contributed by atoms with Gasteiger partial charge in [-0.1, -0.05) is 25.8 Å². The lowest BCUT2D eigenvalue weighted by Gasteiger charge is -2.39. The van der Waals surface area contributed by atoms with Gasteiger partial charge < -0.3 is 5.73 Å². The van der Waals surface area contributed by atoms with Crippen LogP contribution in [-0.4, -0.2) is 24.0 Å². The first kappa shape index (κ1) is 13.1. The number of nitrogens with zero attached hydrogens (tertiary/aromatic N) is 1. The molecular weight excluding hydrogens is 228 g/mol. The van der Waals surface area contributed by atoms with Gasteiger partial charge in [-0.25, -0.2) is 0 Å². The Labute approximate surface area is 109 Å². The van der Waals surface area contributed by atoms with Crippen molar-refractivity contribution in [3.05, 3.63) is 22.4 Å². The molecule has 1 aromatic heterocycles. The van der Waals surface area contributed by atoms with Crippen LogP contribution in [0.3, 0.4) is 0 Å². The van der Waals surface area contributed by atoms with Crippen molar-refractivity contribution in [1.82, 2.24) is 4.90 Å². The molecule has 2 N–H and O–H groups in total. The van der Waals surface area contributed by atoms with Crippen LogP contribution in [0.5, 0.6) is 0 Å². The van der Waals surface area contributed by atoms with E-state index in [4.69, 9.17) is 5.73 Å². The number of nitrogens with two attached hydrogens (primary N) is 1. The summed E-state index contributed by atoms with van der Waals surface area (Å²) in [5, 5.41) is 2.14. The van der Waals surface area contributed by atoms with E-state index in [0.29, 0.717) is 0 Å². The van der Waals surface area contributed by atoms with Gasteiger partial charge in [-0.2, -0.15) is 0 Å². The van der Waals surface area contributed by atoms with Crippen LogP contribution < -0.4 is 5.73 Å². The molecule has 0 aliphatic heterocycles. The number of thiophene rings is 1. The Hall–Kier alpha value is -0.380. The number of hydrogen-bond acceptors (Lipinski definition) is 3. The fraction of sp³-hybridized carbons (Fsp3) is 0.714. The molecule has 1 fully saturated rings. The van der Waals surface area contributed by atoms with Gasteiger partial charge in [-0.05, 0) is 37.3 Å². The second-order valence-electron chi connectivity index (χ2n) is 5.82. The van der Waals surface area contributed by atoms with E-state index in [1.165, 1.54) is 30.6 Å². The maximum absolute atomic E-state index is 6.54. The molecule has 2 rings (SSSR count). The van der Waals surface area contributed by atoms with E-state index in [0.717, 1.165) is 19.0 Å². The number of hydrogen-bond donors (Lipinski definition) is 1. The molecule has 0 bridgehead atoms. The van der Waals surface area contributed by atoms with Gasteiger partial charge in [0.2, 0.25) is 0 Å². The maximum atomic E-state index is 6.54. The molecule has 1 aliphatic carbocycles. The normalized spacial score (nSPS) is 29.8. The Morgan fingerprint density at radius 2 is 2.41 bits per heavy atom. The fourth-order valence-electron chi connectivity index (χ4n) is 3.11. The summed E-state index contributed by atoms with van der Waals surface area (Å²) in [6.45, 7) is 4.39. The van der Waals surface area contributed by atoms with Crippen molar-refractivity contribution in [2.45, 2.75) is 44.7 Å². The van der Waals surface area contributed by atoms with Crippen molar-refractivity contribution >= 4 is 11.3 Å². The number of rotatable bonds is 4. The summed E-state index contributed by atoms with van der Waals surface area (Å²) >= 11 is 1.83. The molecule has 17 heavy (non-hydrogen) atoms. The van der Waals surface area contributed by atoms with E-state index in [9.17, 15) is 0 Å². The smallest absolute Gasteiger partial charge is 0.0325 e. The van der Waals surface area contributed by atoms with Gasteiger partial charge in [-0.3, -0.25) is 4.90 Å². The molecule has 0 radical (unpaired) electrons. The van der Waals surface area contributed by atoms with Crippen LogP contribution in [0.4, 0.5) is 0 Å². The van der Waals surface area contributed by atoms with Gasteiger partial charge in [-0.15, -0.1) is 11.3 Å². The second-order valence-corrected chi connectivity index (χ2v) is 6.85. The molecule has 0 aromatic carbocycles. The lowest BCUT2D eigenvalue weighted by molar-refractivity contribution is 0.166. The van der Waals surface area contributed by atoms with Gasteiger partial charge in [0.05, 0.1) is 0 Å². The van der Waals surface area contributed by atoms with E-state index in [1.807, 2.05) is 11.3 Å². The van der Waals surface area contributed by atoms with Gasteiger partial charge in [0.1, 0.15) is 0 Å². The zero-order valence-electron chi connectivity index (χ0n) is 11.0. The Bertz CT molecular complexity index is 336. The third-order valence-corrected chi connectivity index (χ3v) is 4.58. The summed E-state index contributed by atoms with van der Waals surface area (Å²) in [5.74, 6) is 0.795. The summed E-state index contributed by atoms with van der Waals surface area (Å²) in [6, 6.07) is 4.32. The lowest BCUT2D eigenvalue weighted by Crippen LogP contribution is -2.51. The first-order chi connectivity index (χ1) is 8.07. The predicted octanol–water partition coefficient (Wildman–Crippen LogP) is 3.09. The molecule has 2 atom stereocenters. The predicted molar refractivity (Wildman–Crippen MR) is 75.2 cm³/mol. The first-order valence-corrected chi connectivity index (χ1v) is 7.45. The average molecular weight is 252 g/mol. The minimum absolute atomic E-state index is 0.0453. The molecule has 2 unspecified atom stereocenters.